The second-order valence-electron chi connectivity index (χ2n) is 5.05. The first-order valence-corrected chi connectivity index (χ1v) is 6.59. The monoisotopic (exact) mass is 328 g/mol. The number of hydrogen-bond donors (Lipinski definition) is 8. The van der Waals surface area contributed by atoms with Gasteiger partial charge in [-0.3, -0.25) is 0 Å². The van der Waals surface area contributed by atoms with Gasteiger partial charge in [-0.25, -0.2) is 0 Å². The van der Waals surface area contributed by atoms with Crippen LogP contribution in [0.3, 0.4) is 0 Å². The molecule has 1 aliphatic heterocycles. The summed E-state index contributed by atoms with van der Waals surface area (Å²) in [5.41, 5.74) is 0. The van der Waals surface area contributed by atoms with Gasteiger partial charge in [0.15, 0.2) is 12.6 Å². The van der Waals surface area contributed by atoms with Gasteiger partial charge in [-0.05, 0) is 13.8 Å². The Kier molecular flexibility index (Phi) is 9.15. The van der Waals surface area contributed by atoms with Crippen molar-refractivity contribution >= 4 is 6.29 Å². The van der Waals surface area contributed by atoms with E-state index in [1.165, 1.54) is 13.8 Å². The molecule has 22 heavy (non-hydrogen) atoms. The lowest BCUT2D eigenvalue weighted by Gasteiger charge is -2.36. The average Bonchev–Trinajstić information content (AvgIpc) is 2.49. The Morgan fingerprint density at radius 3 is 1.82 bits per heavy atom. The molecule has 1 rings (SSSR count). The Morgan fingerprint density at radius 1 is 0.909 bits per heavy atom. The molecular weight excluding hydrogens is 304 g/mol. The topological polar surface area (TPSA) is 188 Å². The summed E-state index contributed by atoms with van der Waals surface area (Å²) < 4.78 is 4.68. The number of ether oxygens (including phenoxy) is 1. The highest BCUT2D eigenvalue weighted by Gasteiger charge is 2.40. The highest BCUT2D eigenvalue weighted by Crippen LogP contribution is 2.18. The largest absolute Gasteiger partial charge is 0.391 e. The number of rotatable bonds is 4. The van der Waals surface area contributed by atoms with Gasteiger partial charge in [0.2, 0.25) is 0 Å². The van der Waals surface area contributed by atoms with Crippen molar-refractivity contribution in [2.75, 3.05) is 0 Å². The van der Waals surface area contributed by atoms with E-state index < -0.39 is 55.1 Å². The van der Waals surface area contributed by atoms with E-state index in [1.807, 2.05) is 0 Å². The molecule has 9 atom stereocenters. The molecule has 1 saturated heterocycles. The summed E-state index contributed by atoms with van der Waals surface area (Å²) in [7, 11) is 0. The second kappa shape index (κ2) is 9.45. The van der Waals surface area contributed by atoms with E-state index in [2.05, 4.69) is 4.74 Å². The van der Waals surface area contributed by atoms with Crippen LogP contribution in [-0.2, 0) is 9.53 Å². The van der Waals surface area contributed by atoms with Gasteiger partial charge >= 0.3 is 0 Å². The number of carbonyl (C=O) groups excluding carboxylic acids is 1. The van der Waals surface area contributed by atoms with Gasteiger partial charge in [-0.2, -0.15) is 0 Å². The minimum absolute atomic E-state index is 0.0935. The zero-order valence-corrected chi connectivity index (χ0v) is 12.2. The van der Waals surface area contributed by atoms with Gasteiger partial charge in [-0.15, -0.1) is 0 Å². The van der Waals surface area contributed by atoms with Crippen molar-refractivity contribution in [3.05, 3.63) is 0 Å². The third kappa shape index (κ3) is 5.83. The molecule has 0 bridgehead atoms. The van der Waals surface area contributed by atoms with Crippen LogP contribution in [0.15, 0.2) is 0 Å². The molecule has 0 saturated carbocycles. The van der Waals surface area contributed by atoms with Gasteiger partial charge in [0.05, 0.1) is 12.2 Å². The van der Waals surface area contributed by atoms with Crippen LogP contribution in [0.25, 0.3) is 0 Å². The maximum atomic E-state index is 9.87. The molecule has 8 N–H and O–H groups in total. The summed E-state index contributed by atoms with van der Waals surface area (Å²) in [5.74, 6) is 0. The zero-order chi connectivity index (χ0) is 17.6. The van der Waals surface area contributed by atoms with Gasteiger partial charge in [0, 0.05) is 0 Å². The average molecular weight is 328 g/mol. The molecule has 1 heterocycles. The number of aldehydes is 1. The van der Waals surface area contributed by atoms with Gasteiger partial charge in [0.25, 0.3) is 0 Å². The molecule has 0 aromatic carbocycles. The van der Waals surface area contributed by atoms with Gasteiger partial charge in [0.1, 0.15) is 36.6 Å². The van der Waals surface area contributed by atoms with Crippen LogP contribution >= 0.6 is 0 Å². The third-order valence-corrected chi connectivity index (χ3v) is 3.16. The second-order valence-corrected chi connectivity index (χ2v) is 5.05. The van der Waals surface area contributed by atoms with Crippen molar-refractivity contribution < 1.29 is 50.4 Å². The molecule has 0 aliphatic carbocycles. The van der Waals surface area contributed by atoms with E-state index >= 15 is 0 Å². The highest BCUT2D eigenvalue weighted by atomic mass is 16.6. The van der Waals surface area contributed by atoms with E-state index in [9.17, 15) is 4.79 Å². The van der Waals surface area contributed by atoms with E-state index in [0.29, 0.717) is 0 Å². The lowest BCUT2D eigenvalue weighted by atomic mass is 10.0. The number of aliphatic hydroxyl groups is 8. The molecule has 1 unspecified atom stereocenters. The molecule has 132 valence electrons. The Morgan fingerprint density at radius 2 is 1.41 bits per heavy atom. The lowest BCUT2D eigenvalue weighted by molar-refractivity contribution is -0.277. The number of aliphatic hydroxyl groups excluding tert-OH is 8. The third-order valence-electron chi connectivity index (χ3n) is 3.16. The summed E-state index contributed by atoms with van der Waals surface area (Å²) in [4.78, 5) is 9.87. The molecule has 0 spiro atoms. The minimum atomic E-state index is -1.65. The molecule has 0 aromatic heterocycles. The van der Waals surface area contributed by atoms with E-state index in [4.69, 9.17) is 40.9 Å². The first-order valence-electron chi connectivity index (χ1n) is 6.59. The summed E-state index contributed by atoms with van der Waals surface area (Å²) in [5, 5.41) is 71.1. The molecule has 10 heteroatoms. The van der Waals surface area contributed by atoms with Crippen molar-refractivity contribution in [3.63, 3.8) is 0 Å². The van der Waals surface area contributed by atoms with E-state index in [0.717, 1.165) is 0 Å². The summed E-state index contributed by atoms with van der Waals surface area (Å²) in [6.07, 6.45) is -11.9. The van der Waals surface area contributed by atoms with Crippen molar-refractivity contribution in [1.82, 2.24) is 0 Å². The van der Waals surface area contributed by atoms with Crippen LogP contribution < -0.4 is 0 Å². The molecule has 0 radical (unpaired) electrons. The van der Waals surface area contributed by atoms with Gasteiger partial charge < -0.3 is 50.4 Å². The van der Waals surface area contributed by atoms with Crippen molar-refractivity contribution in [3.8, 4) is 0 Å². The molecule has 1 fully saturated rings. The maximum Gasteiger partial charge on any atom is 0.183 e. The van der Waals surface area contributed by atoms with Crippen LogP contribution in [0.4, 0.5) is 0 Å². The lowest BCUT2D eigenvalue weighted by Crippen LogP contribution is -2.56. The van der Waals surface area contributed by atoms with Crippen LogP contribution in [0.1, 0.15) is 13.8 Å². The first-order chi connectivity index (χ1) is 10.0. The maximum absolute atomic E-state index is 9.87. The van der Waals surface area contributed by atoms with Crippen molar-refractivity contribution in [2.45, 2.75) is 69.0 Å². The molecular formula is C12H24O10. The van der Waals surface area contributed by atoms with Crippen LogP contribution in [0, 0.1) is 0 Å². The fourth-order valence-electron chi connectivity index (χ4n) is 1.60. The van der Waals surface area contributed by atoms with Crippen LogP contribution in [-0.4, -0.2) is 102 Å². The predicted molar refractivity (Wildman–Crippen MR) is 70.3 cm³/mol. The molecule has 1 aliphatic rings. The zero-order valence-electron chi connectivity index (χ0n) is 12.2. The highest BCUT2D eigenvalue weighted by molar-refractivity contribution is 5.56. The molecule has 0 amide bonds. The fourth-order valence-corrected chi connectivity index (χ4v) is 1.60. The van der Waals surface area contributed by atoms with Crippen molar-refractivity contribution in [1.29, 1.82) is 0 Å². The van der Waals surface area contributed by atoms with E-state index in [1.54, 1.807) is 0 Å². The minimum Gasteiger partial charge on any atom is -0.391 e. The summed E-state index contributed by atoms with van der Waals surface area (Å²) in [6, 6.07) is 0. The Bertz CT molecular complexity index is 311. The standard InChI is InChI=1S/2C6H12O5/c1-2-3(7)4(8)5(9)6(10)11-2;1-3(8)5(10)6(11)4(9)2-7/h2-10H,1H3;2-6,8-11H,1H3/t2-,3+,4+,5-,6?;3-,4+,5+,6-/m11/s1. The summed E-state index contributed by atoms with van der Waals surface area (Å²) >= 11 is 0. The van der Waals surface area contributed by atoms with E-state index in [-0.39, 0.29) is 6.29 Å². The molecule has 10 nitrogen and oxygen atoms in total. The number of hydrogen-bond acceptors (Lipinski definition) is 10. The first kappa shape index (κ1) is 21.3. The Hall–Kier alpha value is -0.690. The molecule has 0 aromatic rings. The number of carbonyl (C=O) groups is 1. The fraction of sp³-hybridized carbons (Fsp3) is 0.917. The normalized spacial score (nSPS) is 37.3. The smallest absolute Gasteiger partial charge is 0.183 e. The SMILES string of the molecule is C[C@@H](O)[C@H](O)[C@H](O)[C@@H](O)C=O.C[C@H]1OC(O)[C@H](O)[C@@H](O)[C@H]1O. The quantitative estimate of drug-likeness (QED) is 0.233. The van der Waals surface area contributed by atoms with Crippen molar-refractivity contribution in [2.24, 2.45) is 0 Å². The Balaban J connectivity index is 0.000000401. The van der Waals surface area contributed by atoms with Crippen LogP contribution in [0.5, 0.6) is 0 Å². The predicted octanol–water partition coefficient (Wildman–Crippen LogP) is -4.54. The summed E-state index contributed by atoms with van der Waals surface area (Å²) in [6.45, 7) is 2.74. The Labute approximate surface area is 126 Å². The van der Waals surface area contributed by atoms with Gasteiger partial charge in [-0.1, -0.05) is 0 Å². The van der Waals surface area contributed by atoms with Crippen LogP contribution in [0.2, 0.25) is 0 Å².